The van der Waals surface area contributed by atoms with Gasteiger partial charge in [0.1, 0.15) is 11.6 Å². The van der Waals surface area contributed by atoms with Crippen molar-refractivity contribution in [3.63, 3.8) is 0 Å². The Labute approximate surface area is 160 Å². The smallest absolute Gasteiger partial charge is 0.417 e. The molecule has 0 saturated heterocycles. The lowest BCUT2D eigenvalue weighted by molar-refractivity contribution is -0.137. The van der Waals surface area contributed by atoms with Gasteiger partial charge in [-0.15, -0.1) is 0 Å². The highest BCUT2D eigenvalue weighted by Crippen LogP contribution is 2.35. The molecule has 1 aliphatic carbocycles. The van der Waals surface area contributed by atoms with E-state index in [9.17, 15) is 13.2 Å². The Bertz CT molecular complexity index is 833. The maximum Gasteiger partial charge on any atom is 0.417 e. The van der Waals surface area contributed by atoms with Crippen molar-refractivity contribution in [2.45, 2.75) is 50.2 Å². The third-order valence-corrected chi connectivity index (χ3v) is 4.65. The third kappa shape index (κ3) is 4.82. The molecule has 1 aromatic rings. The second-order valence-electron chi connectivity index (χ2n) is 6.65. The summed E-state index contributed by atoms with van der Waals surface area (Å²) >= 11 is 0. The molecule has 3 rings (SSSR count). The Morgan fingerprint density at radius 2 is 2.04 bits per heavy atom. The molecule has 1 atom stereocenters. The molecule has 1 fully saturated rings. The number of nitriles is 1. The molecule has 0 aromatic heterocycles. The van der Waals surface area contributed by atoms with Crippen LogP contribution in [0.2, 0.25) is 0 Å². The van der Waals surface area contributed by atoms with Crippen LogP contribution in [0.15, 0.2) is 40.5 Å². The van der Waals surface area contributed by atoms with Crippen LogP contribution in [0.4, 0.5) is 13.2 Å². The number of nitrogens with zero attached hydrogens (tertiary/aromatic N) is 3. The number of hydrogen-bond donors (Lipinski definition) is 2. The number of alkyl halides is 3. The Kier molecular flexibility index (Phi) is 5.87. The molecule has 1 heterocycles. The zero-order valence-electron chi connectivity index (χ0n) is 15.0. The summed E-state index contributed by atoms with van der Waals surface area (Å²) in [7, 11) is 0. The van der Waals surface area contributed by atoms with Gasteiger partial charge < -0.3 is 15.8 Å². The van der Waals surface area contributed by atoms with Gasteiger partial charge in [0.2, 0.25) is 0 Å². The normalized spacial score (nSPS) is 25.1. The van der Waals surface area contributed by atoms with Crippen LogP contribution in [0.25, 0.3) is 0 Å². The molecule has 148 valence electrons. The minimum absolute atomic E-state index is 0.0365. The number of allylic oxidation sites excluding steroid dienone is 1. The van der Waals surface area contributed by atoms with Crippen molar-refractivity contribution >= 4 is 12.1 Å². The topological polar surface area (TPSA) is 95.8 Å². The summed E-state index contributed by atoms with van der Waals surface area (Å²) in [5, 5.41) is 11.9. The highest BCUT2D eigenvalue weighted by molar-refractivity contribution is 5.88. The molecule has 9 heteroatoms. The first kappa shape index (κ1) is 19.7. The van der Waals surface area contributed by atoms with E-state index >= 15 is 0 Å². The average Bonchev–Trinajstić information content (AvgIpc) is 2.69. The van der Waals surface area contributed by atoms with E-state index in [0.717, 1.165) is 25.0 Å². The zero-order valence-corrected chi connectivity index (χ0v) is 15.0. The Morgan fingerprint density at radius 1 is 1.29 bits per heavy atom. The van der Waals surface area contributed by atoms with Crippen molar-refractivity contribution in [1.29, 1.82) is 5.26 Å². The molecule has 1 aliphatic heterocycles. The lowest BCUT2D eigenvalue weighted by Crippen LogP contribution is -2.40. The number of amidine groups is 1. The molecule has 0 bridgehead atoms. The first-order valence-electron chi connectivity index (χ1n) is 8.92. The molecule has 3 N–H and O–H groups in total. The highest BCUT2D eigenvalue weighted by atomic mass is 19.4. The van der Waals surface area contributed by atoms with Crippen molar-refractivity contribution < 1.29 is 17.9 Å². The number of benzene rings is 1. The largest absolute Gasteiger partial charge is 0.490 e. The van der Waals surface area contributed by atoms with Gasteiger partial charge >= 0.3 is 6.18 Å². The van der Waals surface area contributed by atoms with E-state index in [1.807, 2.05) is 0 Å². The molecular weight excluding hydrogens is 371 g/mol. The van der Waals surface area contributed by atoms with Gasteiger partial charge in [0.15, 0.2) is 6.17 Å². The van der Waals surface area contributed by atoms with Crippen LogP contribution >= 0.6 is 0 Å². The van der Waals surface area contributed by atoms with Crippen LogP contribution < -0.4 is 15.8 Å². The minimum atomic E-state index is -4.60. The van der Waals surface area contributed by atoms with Crippen LogP contribution in [-0.2, 0) is 6.18 Å². The van der Waals surface area contributed by atoms with Gasteiger partial charge in [0.25, 0.3) is 0 Å². The summed E-state index contributed by atoms with van der Waals surface area (Å²) in [4.78, 5) is 8.70. The van der Waals surface area contributed by atoms with Gasteiger partial charge in [-0.05, 0) is 50.0 Å². The molecule has 28 heavy (non-hydrogen) atoms. The van der Waals surface area contributed by atoms with Gasteiger partial charge in [0.05, 0.1) is 29.3 Å². The SMILES string of the molecule is N#Cc1ccc(OC2CCC(N=C(N)C3N=CC=CN3)CC2)cc1C(F)(F)F. The van der Waals surface area contributed by atoms with Crippen LogP contribution in [0.1, 0.15) is 36.8 Å². The van der Waals surface area contributed by atoms with Crippen LogP contribution in [0.3, 0.4) is 0 Å². The summed E-state index contributed by atoms with van der Waals surface area (Å²) in [6, 6.07) is 5.03. The Morgan fingerprint density at radius 3 is 2.64 bits per heavy atom. The number of hydrogen-bond acceptors (Lipinski definition) is 5. The maximum atomic E-state index is 13.1. The molecule has 2 aliphatic rings. The van der Waals surface area contributed by atoms with E-state index in [1.165, 1.54) is 6.07 Å². The van der Waals surface area contributed by atoms with E-state index in [2.05, 4.69) is 15.3 Å². The lowest BCUT2D eigenvalue weighted by atomic mass is 9.93. The number of nitrogens with one attached hydrogen (secondary N) is 1. The molecule has 1 saturated carbocycles. The van der Waals surface area contributed by atoms with Crippen molar-refractivity contribution in [2.75, 3.05) is 0 Å². The third-order valence-electron chi connectivity index (χ3n) is 4.65. The van der Waals surface area contributed by atoms with Crippen molar-refractivity contribution in [3.05, 3.63) is 41.6 Å². The summed E-state index contributed by atoms with van der Waals surface area (Å²) < 4.78 is 44.9. The highest BCUT2D eigenvalue weighted by Gasteiger charge is 2.34. The molecule has 1 unspecified atom stereocenters. The molecule has 0 radical (unpaired) electrons. The number of halogens is 3. The van der Waals surface area contributed by atoms with Gasteiger partial charge in [0, 0.05) is 12.4 Å². The van der Waals surface area contributed by atoms with Crippen LogP contribution in [0, 0.1) is 11.3 Å². The second-order valence-corrected chi connectivity index (χ2v) is 6.65. The fourth-order valence-electron chi connectivity index (χ4n) is 3.23. The molecule has 1 aromatic carbocycles. The summed E-state index contributed by atoms with van der Waals surface area (Å²) in [6.07, 6.45) is 2.76. The average molecular weight is 391 g/mol. The first-order chi connectivity index (χ1) is 13.4. The second kappa shape index (κ2) is 8.33. The van der Waals surface area contributed by atoms with E-state index in [0.29, 0.717) is 18.7 Å². The van der Waals surface area contributed by atoms with Crippen molar-refractivity contribution in [3.8, 4) is 11.8 Å². The lowest BCUT2D eigenvalue weighted by Gasteiger charge is -2.28. The van der Waals surface area contributed by atoms with E-state index in [4.69, 9.17) is 15.7 Å². The van der Waals surface area contributed by atoms with Crippen molar-refractivity contribution in [2.24, 2.45) is 15.7 Å². The first-order valence-corrected chi connectivity index (χ1v) is 8.92. The van der Waals surface area contributed by atoms with Gasteiger partial charge in [-0.2, -0.15) is 18.4 Å². The maximum absolute atomic E-state index is 13.1. The van der Waals surface area contributed by atoms with E-state index < -0.39 is 17.3 Å². The fourth-order valence-corrected chi connectivity index (χ4v) is 3.23. The summed E-state index contributed by atoms with van der Waals surface area (Å²) in [6.45, 7) is 0. The van der Waals surface area contributed by atoms with Gasteiger partial charge in [-0.25, -0.2) is 0 Å². The zero-order chi connectivity index (χ0) is 20.1. The van der Waals surface area contributed by atoms with Crippen LogP contribution in [0.5, 0.6) is 5.75 Å². The molecule has 0 spiro atoms. The predicted octanol–water partition coefficient (Wildman–Crippen LogP) is 3.14. The molecule has 6 nitrogen and oxygen atoms in total. The quantitative estimate of drug-likeness (QED) is 0.609. The minimum Gasteiger partial charge on any atom is -0.490 e. The molecular formula is C19H20F3N5O. The Hall–Kier alpha value is -3.02. The predicted molar refractivity (Wildman–Crippen MR) is 99.0 cm³/mol. The number of nitrogens with two attached hydrogens (primary N) is 1. The van der Waals surface area contributed by atoms with Gasteiger partial charge in [-0.1, -0.05) is 0 Å². The van der Waals surface area contributed by atoms with Gasteiger partial charge in [-0.3, -0.25) is 9.98 Å². The summed E-state index contributed by atoms with van der Waals surface area (Å²) in [5.74, 6) is 0.525. The standard InChI is InChI=1S/C19H20F3N5O/c20-19(21,22)16-10-15(5-2-12(16)11-23)28-14-6-3-13(4-7-14)27-17(24)18-25-8-1-9-26-18/h1-2,5,8-10,13-14,18,25H,3-4,6-7H2,(H2,24,27). The van der Waals surface area contributed by atoms with E-state index in [1.54, 1.807) is 24.6 Å². The van der Waals surface area contributed by atoms with Crippen molar-refractivity contribution in [1.82, 2.24) is 5.32 Å². The number of aliphatic imine (C=N–C) groups is 2. The number of rotatable bonds is 4. The van der Waals surface area contributed by atoms with E-state index in [-0.39, 0.29) is 24.1 Å². The number of ether oxygens (including phenoxy) is 1. The fraction of sp³-hybridized carbons (Fsp3) is 0.421. The molecule has 0 amide bonds. The monoisotopic (exact) mass is 391 g/mol. The van der Waals surface area contributed by atoms with Crippen LogP contribution in [-0.4, -0.2) is 30.4 Å². The Balaban J connectivity index is 1.58. The summed E-state index contributed by atoms with van der Waals surface area (Å²) in [5.41, 5.74) is 4.60.